The molecule has 0 aliphatic heterocycles. The van der Waals surface area contributed by atoms with Crippen LogP contribution in [-0.2, 0) is 4.79 Å². The van der Waals surface area contributed by atoms with Gasteiger partial charge in [0.15, 0.2) is 0 Å². The Kier molecular flexibility index (Phi) is 4.29. The number of nitrogens with zero attached hydrogens (tertiary/aromatic N) is 3. The average Bonchev–Trinajstić information content (AvgIpc) is 2.27. The fourth-order valence-electron chi connectivity index (χ4n) is 1.28. The van der Waals surface area contributed by atoms with Gasteiger partial charge in [-0.1, -0.05) is 5.92 Å². The second kappa shape index (κ2) is 5.70. The number of carboxylic acids is 1. The van der Waals surface area contributed by atoms with Gasteiger partial charge in [0.05, 0.1) is 13.7 Å². The van der Waals surface area contributed by atoms with E-state index in [1.54, 1.807) is 13.0 Å². The molecule has 1 rings (SSSR count). The number of anilines is 1. The van der Waals surface area contributed by atoms with E-state index in [4.69, 9.17) is 16.3 Å². The maximum absolute atomic E-state index is 10.7. The van der Waals surface area contributed by atoms with Gasteiger partial charge in [-0.15, -0.1) is 6.42 Å². The molecule has 0 amide bonds. The first-order valence-corrected chi connectivity index (χ1v) is 4.86. The first-order chi connectivity index (χ1) is 8.06. The maximum atomic E-state index is 10.7. The quantitative estimate of drug-likeness (QED) is 0.741. The summed E-state index contributed by atoms with van der Waals surface area (Å²) in [5, 5.41) is 8.78. The van der Waals surface area contributed by atoms with Crippen molar-refractivity contribution in [1.29, 1.82) is 0 Å². The molecule has 1 aromatic heterocycles. The van der Waals surface area contributed by atoms with Crippen LogP contribution in [0.25, 0.3) is 0 Å². The fraction of sp³-hybridized carbons (Fsp3) is 0.364. The Labute approximate surface area is 99.3 Å². The highest BCUT2D eigenvalue weighted by Gasteiger charge is 2.13. The lowest BCUT2D eigenvalue weighted by atomic mass is 10.4. The molecule has 17 heavy (non-hydrogen) atoms. The first kappa shape index (κ1) is 12.8. The standard InChI is InChI=1S/C11H13N3O3/c1-4-5-14(7-11(15)16)9-6-10(17-3)13-8(2)12-9/h1,6H,5,7H2,2-3H3,(H,15,16). The van der Waals surface area contributed by atoms with Crippen molar-refractivity contribution in [2.24, 2.45) is 0 Å². The van der Waals surface area contributed by atoms with Gasteiger partial charge in [0, 0.05) is 6.07 Å². The van der Waals surface area contributed by atoms with Gasteiger partial charge in [-0.25, -0.2) is 4.98 Å². The van der Waals surface area contributed by atoms with Gasteiger partial charge in [-0.3, -0.25) is 4.79 Å². The maximum Gasteiger partial charge on any atom is 0.323 e. The zero-order chi connectivity index (χ0) is 12.8. The van der Waals surface area contributed by atoms with E-state index in [2.05, 4.69) is 15.9 Å². The summed E-state index contributed by atoms with van der Waals surface area (Å²) in [6.45, 7) is 1.64. The molecule has 0 unspecified atom stereocenters. The topological polar surface area (TPSA) is 75.6 Å². The number of carboxylic acid groups (broad SMARTS) is 1. The molecule has 1 heterocycles. The van der Waals surface area contributed by atoms with Crippen molar-refractivity contribution in [3.05, 3.63) is 11.9 Å². The number of terminal acetylenes is 1. The molecule has 1 aromatic rings. The number of hydrogen-bond acceptors (Lipinski definition) is 5. The van der Waals surface area contributed by atoms with Crippen LogP contribution >= 0.6 is 0 Å². The van der Waals surface area contributed by atoms with Crippen LogP contribution in [0.5, 0.6) is 5.88 Å². The summed E-state index contributed by atoms with van der Waals surface area (Å²) in [6, 6.07) is 1.55. The third-order valence-corrected chi connectivity index (χ3v) is 1.94. The van der Waals surface area contributed by atoms with E-state index in [0.29, 0.717) is 17.5 Å². The van der Waals surface area contributed by atoms with E-state index >= 15 is 0 Å². The molecule has 6 nitrogen and oxygen atoms in total. The van der Waals surface area contributed by atoms with Gasteiger partial charge < -0.3 is 14.7 Å². The molecule has 0 atom stereocenters. The summed E-state index contributed by atoms with van der Waals surface area (Å²) in [5.41, 5.74) is 0. The van der Waals surface area contributed by atoms with Crippen molar-refractivity contribution in [3.8, 4) is 18.2 Å². The number of hydrogen-bond donors (Lipinski definition) is 1. The van der Waals surface area contributed by atoms with Crippen molar-refractivity contribution in [1.82, 2.24) is 9.97 Å². The highest BCUT2D eigenvalue weighted by Crippen LogP contribution is 2.16. The Bertz CT molecular complexity index is 454. The SMILES string of the molecule is C#CCN(CC(=O)O)c1cc(OC)nc(C)n1. The van der Waals surface area contributed by atoms with Crippen molar-refractivity contribution in [2.75, 3.05) is 25.1 Å². The Morgan fingerprint density at radius 2 is 2.35 bits per heavy atom. The molecule has 0 radical (unpaired) electrons. The van der Waals surface area contributed by atoms with E-state index in [-0.39, 0.29) is 13.1 Å². The number of aromatic nitrogens is 2. The molecule has 1 N–H and O–H groups in total. The highest BCUT2D eigenvalue weighted by atomic mass is 16.5. The molecular weight excluding hydrogens is 222 g/mol. The van der Waals surface area contributed by atoms with Gasteiger partial charge in [-0.05, 0) is 6.92 Å². The Hall–Kier alpha value is -2.29. The summed E-state index contributed by atoms with van der Waals surface area (Å²) < 4.78 is 4.99. The normalized spacial score (nSPS) is 9.47. The van der Waals surface area contributed by atoms with Crippen LogP contribution in [0.4, 0.5) is 5.82 Å². The van der Waals surface area contributed by atoms with Crippen LogP contribution in [0.1, 0.15) is 5.82 Å². The highest BCUT2D eigenvalue weighted by molar-refractivity contribution is 5.73. The molecule has 0 aromatic carbocycles. The monoisotopic (exact) mass is 235 g/mol. The Balaban J connectivity index is 3.04. The first-order valence-electron chi connectivity index (χ1n) is 4.86. The number of methoxy groups -OCH3 is 1. The summed E-state index contributed by atoms with van der Waals surface area (Å²) in [4.78, 5) is 20.3. The molecule has 0 saturated heterocycles. The van der Waals surface area contributed by atoms with E-state index in [1.807, 2.05) is 0 Å². The van der Waals surface area contributed by atoms with E-state index in [9.17, 15) is 4.79 Å². The van der Waals surface area contributed by atoms with Crippen LogP contribution in [0.2, 0.25) is 0 Å². The van der Waals surface area contributed by atoms with Crippen molar-refractivity contribution >= 4 is 11.8 Å². The van der Waals surface area contributed by atoms with Crippen LogP contribution < -0.4 is 9.64 Å². The molecule has 0 aliphatic rings. The lowest BCUT2D eigenvalue weighted by molar-refractivity contribution is -0.135. The van der Waals surface area contributed by atoms with Gasteiger partial charge in [0.2, 0.25) is 5.88 Å². The van der Waals surface area contributed by atoms with Gasteiger partial charge in [0.25, 0.3) is 0 Å². The lowest BCUT2D eigenvalue weighted by Crippen LogP contribution is -2.31. The van der Waals surface area contributed by atoms with E-state index in [0.717, 1.165) is 0 Å². The second-order valence-electron chi connectivity index (χ2n) is 3.27. The molecule has 0 fully saturated rings. The van der Waals surface area contributed by atoms with Crippen LogP contribution in [-0.4, -0.2) is 41.2 Å². The summed E-state index contributed by atoms with van der Waals surface area (Å²) in [7, 11) is 1.48. The summed E-state index contributed by atoms with van der Waals surface area (Å²) in [5.74, 6) is 2.72. The third-order valence-electron chi connectivity index (χ3n) is 1.94. The number of aryl methyl sites for hydroxylation is 1. The third kappa shape index (κ3) is 3.65. The minimum absolute atomic E-state index is 0.159. The molecule has 6 heteroatoms. The van der Waals surface area contributed by atoms with Crippen LogP contribution in [0, 0.1) is 19.3 Å². The minimum atomic E-state index is -0.976. The van der Waals surface area contributed by atoms with Gasteiger partial charge >= 0.3 is 5.97 Å². The second-order valence-corrected chi connectivity index (χ2v) is 3.27. The minimum Gasteiger partial charge on any atom is -0.481 e. The van der Waals surface area contributed by atoms with Gasteiger partial charge in [-0.2, -0.15) is 4.98 Å². The predicted octanol–water partition coefficient (Wildman–Crippen LogP) is 0.318. The molecule has 90 valence electrons. The number of ether oxygens (including phenoxy) is 1. The van der Waals surface area contributed by atoms with Crippen LogP contribution in [0.3, 0.4) is 0 Å². The summed E-state index contributed by atoms with van der Waals surface area (Å²) >= 11 is 0. The van der Waals surface area contributed by atoms with Crippen LogP contribution in [0.15, 0.2) is 6.07 Å². The zero-order valence-electron chi connectivity index (χ0n) is 9.67. The Morgan fingerprint density at radius 1 is 1.65 bits per heavy atom. The van der Waals surface area contributed by atoms with Crippen molar-refractivity contribution < 1.29 is 14.6 Å². The van der Waals surface area contributed by atoms with Gasteiger partial charge in [0.1, 0.15) is 18.2 Å². The van der Waals surface area contributed by atoms with E-state index < -0.39 is 5.97 Å². The number of rotatable bonds is 5. The fourth-order valence-corrected chi connectivity index (χ4v) is 1.28. The lowest BCUT2D eigenvalue weighted by Gasteiger charge is -2.19. The summed E-state index contributed by atoms with van der Waals surface area (Å²) in [6.07, 6.45) is 5.19. The van der Waals surface area contributed by atoms with Crippen molar-refractivity contribution in [3.63, 3.8) is 0 Å². The largest absolute Gasteiger partial charge is 0.481 e. The van der Waals surface area contributed by atoms with E-state index in [1.165, 1.54) is 12.0 Å². The molecule has 0 bridgehead atoms. The van der Waals surface area contributed by atoms with Crippen molar-refractivity contribution in [2.45, 2.75) is 6.92 Å². The predicted molar refractivity (Wildman–Crippen MR) is 62.0 cm³/mol. The molecule has 0 saturated carbocycles. The molecule has 0 spiro atoms. The number of carbonyl (C=O) groups is 1. The zero-order valence-corrected chi connectivity index (χ0v) is 9.67. The molecule has 0 aliphatic carbocycles. The number of aliphatic carboxylic acids is 1. The average molecular weight is 235 g/mol. The Morgan fingerprint density at radius 3 is 2.88 bits per heavy atom. The molecular formula is C11H13N3O3. The smallest absolute Gasteiger partial charge is 0.323 e.